The van der Waals surface area contributed by atoms with Gasteiger partial charge in [-0.25, -0.2) is 4.39 Å². The fraction of sp³-hybridized carbons (Fsp3) is 0.400. The van der Waals surface area contributed by atoms with E-state index >= 15 is 0 Å². The van der Waals surface area contributed by atoms with Crippen molar-refractivity contribution < 1.29 is 14.6 Å². The molecule has 0 saturated heterocycles. The zero-order valence-corrected chi connectivity index (χ0v) is 7.34. The lowest BCUT2D eigenvalue weighted by Crippen LogP contribution is -2.07. The summed E-state index contributed by atoms with van der Waals surface area (Å²) >= 11 is 0. The number of aliphatic hydroxyl groups is 1. The first-order valence-corrected chi connectivity index (χ1v) is 4.25. The smallest absolute Gasteiger partial charge is 0.170 e. The van der Waals surface area contributed by atoms with Crippen LogP contribution >= 0.6 is 0 Å². The van der Waals surface area contributed by atoms with Crippen LogP contribution in [0.2, 0.25) is 0 Å². The quantitative estimate of drug-likeness (QED) is 0.695. The van der Waals surface area contributed by atoms with Crippen molar-refractivity contribution in [3.05, 3.63) is 29.1 Å². The van der Waals surface area contributed by atoms with Crippen molar-refractivity contribution >= 4 is 0 Å². The van der Waals surface area contributed by atoms with Crippen molar-refractivity contribution in [1.82, 2.24) is 0 Å². The van der Waals surface area contributed by atoms with E-state index in [4.69, 9.17) is 0 Å². The summed E-state index contributed by atoms with van der Waals surface area (Å²) in [5.41, 5.74) is -0.0349. The minimum atomic E-state index is -1.02. The molecule has 0 atom stereocenters. The zero-order valence-electron chi connectivity index (χ0n) is 7.34. The molecule has 0 heterocycles. The third-order valence-corrected chi connectivity index (χ3v) is 2.42. The fourth-order valence-electron chi connectivity index (χ4n) is 1.48. The summed E-state index contributed by atoms with van der Waals surface area (Å²) in [5.74, 6) is -1.07. The molecule has 0 unspecified atom stereocenters. The maximum Gasteiger partial charge on any atom is 0.170 e. The lowest BCUT2D eigenvalue weighted by Gasteiger charge is -2.11. The maximum atomic E-state index is 13.3. The van der Waals surface area contributed by atoms with E-state index in [0.717, 1.165) is 5.56 Å². The fourth-order valence-corrected chi connectivity index (χ4v) is 1.48. The first-order valence-electron chi connectivity index (χ1n) is 4.25. The molecule has 3 heteroatoms. The molecule has 70 valence electrons. The summed E-state index contributed by atoms with van der Waals surface area (Å²) in [6, 6.07) is 2.94. The molecule has 2 N–H and O–H groups in total. The number of aromatic hydroxyl groups is 1. The third kappa shape index (κ3) is 1.29. The average Bonchev–Trinajstić information content (AvgIpc) is 2.77. The Morgan fingerprint density at radius 3 is 2.54 bits per heavy atom. The van der Waals surface area contributed by atoms with Crippen LogP contribution in [0, 0.1) is 12.7 Å². The van der Waals surface area contributed by atoms with E-state index in [-0.39, 0.29) is 11.3 Å². The molecule has 0 amide bonds. The molecule has 1 fully saturated rings. The normalized spacial score (nSPS) is 18.7. The molecule has 1 aromatic carbocycles. The second kappa shape index (κ2) is 2.45. The highest BCUT2D eigenvalue weighted by Gasteiger charge is 2.44. The second-order valence-electron chi connectivity index (χ2n) is 3.68. The molecular weight excluding hydrogens is 171 g/mol. The van der Waals surface area contributed by atoms with Gasteiger partial charge in [-0.15, -0.1) is 0 Å². The summed E-state index contributed by atoms with van der Waals surface area (Å²) in [4.78, 5) is 0. The van der Waals surface area contributed by atoms with Gasteiger partial charge in [-0.3, -0.25) is 0 Å². The van der Waals surface area contributed by atoms with Gasteiger partial charge in [-0.2, -0.15) is 0 Å². The molecule has 1 aliphatic carbocycles. The highest BCUT2D eigenvalue weighted by Crippen LogP contribution is 2.47. The lowest BCUT2D eigenvalue weighted by molar-refractivity contribution is 0.145. The zero-order chi connectivity index (χ0) is 9.64. The number of rotatable bonds is 1. The van der Waals surface area contributed by atoms with Gasteiger partial charge in [0.1, 0.15) is 0 Å². The van der Waals surface area contributed by atoms with Crippen LogP contribution in [0.25, 0.3) is 0 Å². The Hall–Kier alpha value is -1.09. The van der Waals surface area contributed by atoms with Crippen molar-refractivity contribution in [3.8, 4) is 5.75 Å². The van der Waals surface area contributed by atoms with Crippen molar-refractivity contribution in [2.75, 3.05) is 0 Å². The standard InChI is InChI=1S/C10H11FO2/c1-6-4-7(10(13)2-3-10)9(11)8(12)5-6/h4-5,12-13H,2-3H2,1H3. The minimum Gasteiger partial charge on any atom is -0.505 e. The Labute approximate surface area is 75.6 Å². The van der Waals surface area contributed by atoms with Crippen LogP contribution in [0.5, 0.6) is 5.75 Å². The molecule has 2 nitrogen and oxygen atoms in total. The number of phenolic OH excluding ortho intramolecular Hbond substituents is 1. The molecule has 1 aromatic rings. The van der Waals surface area contributed by atoms with E-state index in [1.54, 1.807) is 13.0 Å². The summed E-state index contributed by atoms with van der Waals surface area (Å²) in [5, 5.41) is 18.9. The maximum absolute atomic E-state index is 13.3. The molecule has 1 aliphatic rings. The van der Waals surface area contributed by atoms with Gasteiger partial charge in [-0.05, 0) is 37.5 Å². The van der Waals surface area contributed by atoms with Gasteiger partial charge in [0.05, 0.1) is 5.60 Å². The van der Waals surface area contributed by atoms with E-state index in [2.05, 4.69) is 0 Å². The molecule has 13 heavy (non-hydrogen) atoms. The molecule has 1 saturated carbocycles. The van der Waals surface area contributed by atoms with Gasteiger partial charge in [-0.1, -0.05) is 0 Å². The second-order valence-corrected chi connectivity index (χ2v) is 3.68. The average molecular weight is 182 g/mol. The number of aryl methyl sites for hydroxylation is 1. The monoisotopic (exact) mass is 182 g/mol. The van der Waals surface area contributed by atoms with Gasteiger partial charge >= 0.3 is 0 Å². The lowest BCUT2D eigenvalue weighted by atomic mass is 10.0. The first-order chi connectivity index (χ1) is 6.03. The minimum absolute atomic E-state index is 0.227. The SMILES string of the molecule is Cc1cc(O)c(F)c(C2(O)CC2)c1. The highest BCUT2D eigenvalue weighted by molar-refractivity contribution is 5.40. The molecule has 0 bridgehead atoms. The van der Waals surface area contributed by atoms with Crippen molar-refractivity contribution in [3.63, 3.8) is 0 Å². The van der Waals surface area contributed by atoms with Gasteiger partial charge < -0.3 is 10.2 Å². The van der Waals surface area contributed by atoms with E-state index in [0.29, 0.717) is 12.8 Å². The third-order valence-electron chi connectivity index (χ3n) is 2.42. The molecular formula is C10H11FO2. The molecule has 0 aliphatic heterocycles. The Bertz CT molecular complexity index is 356. The van der Waals surface area contributed by atoms with Crippen LogP contribution in [0.1, 0.15) is 24.0 Å². The summed E-state index contributed by atoms with van der Waals surface area (Å²) < 4.78 is 13.3. The van der Waals surface area contributed by atoms with Crippen LogP contribution in [0.3, 0.4) is 0 Å². The predicted octanol–water partition coefficient (Wildman–Crippen LogP) is 1.82. The predicted molar refractivity (Wildman–Crippen MR) is 45.9 cm³/mol. The molecule has 2 rings (SSSR count). The highest BCUT2D eigenvalue weighted by atomic mass is 19.1. The largest absolute Gasteiger partial charge is 0.505 e. The van der Waals surface area contributed by atoms with Crippen LogP contribution in [-0.2, 0) is 5.60 Å². The summed E-state index contributed by atoms with van der Waals surface area (Å²) in [7, 11) is 0. The van der Waals surface area contributed by atoms with Crippen LogP contribution in [0.15, 0.2) is 12.1 Å². The molecule has 0 spiro atoms. The van der Waals surface area contributed by atoms with Gasteiger partial charge in [0.25, 0.3) is 0 Å². The van der Waals surface area contributed by atoms with Crippen molar-refractivity contribution in [2.24, 2.45) is 0 Å². The Kier molecular flexibility index (Phi) is 1.60. The van der Waals surface area contributed by atoms with Gasteiger partial charge in [0, 0.05) is 5.56 Å². The summed E-state index contributed by atoms with van der Waals surface area (Å²) in [6.45, 7) is 1.76. The van der Waals surface area contributed by atoms with Gasteiger partial charge in [0.15, 0.2) is 11.6 Å². The number of hydrogen-bond donors (Lipinski definition) is 2. The molecule has 0 aromatic heterocycles. The van der Waals surface area contributed by atoms with Crippen molar-refractivity contribution in [2.45, 2.75) is 25.4 Å². The number of halogens is 1. The number of benzene rings is 1. The topological polar surface area (TPSA) is 40.5 Å². The first kappa shape index (κ1) is 8.51. The van der Waals surface area contributed by atoms with Crippen LogP contribution < -0.4 is 0 Å². The van der Waals surface area contributed by atoms with Crippen LogP contribution in [0.4, 0.5) is 4.39 Å². The van der Waals surface area contributed by atoms with E-state index < -0.39 is 11.4 Å². The Balaban J connectivity index is 2.56. The van der Waals surface area contributed by atoms with Crippen molar-refractivity contribution in [1.29, 1.82) is 0 Å². The van der Waals surface area contributed by atoms with E-state index in [9.17, 15) is 14.6 Å². The van der Waals surface area contributed by atoms with Crippen LogP contribution in [-0.4, -0.2) is 10.2 Å². The van der Waals surface area contributed by atoms with Gasteiger partial charge in [0.2, 0.25) is 0 Å². The summed E-state index contributed by atoms with van der Waals surface area (Å²) in [6.07, 6.45) is 1.15. The van der Waals surface area contributed by atoms with E-state index in [1.807, 2.05) is 0 Å². The van der Waals surface area contributed by atoms with E-state index in [1.165, 1.54) is 6.07 Å². The number of phenols is 1. The Morgan fingerprint density at radius 1 is 1.38 bits per heavy atom. The Morgan fingerprint density at radius 2 is 2.00 bits per heavy atom. The molecule has 0 radical (unpaired) electrons. The number of hydrogen-bond acceptors (Lipinski definition) is 2.